The van der Waals surface area contributed by atoms with Crippen molar-refractivity contribution in [3.63, 3.8) is 0 Å². The summed E-state index contributed by atoms with van der Waals surface area (Å²) in [6, 6.07) is 4.85. The van der Waals surface area contributed by atoms with Gasteiger partial charge >= 0.3 is 6.09 Å². The van der Waals surface area contributed by atoms with Crippen LogP contribution in [0.5, 0.6) is 0 Å². The number of hydrogen-bond donors (Lipinski definition) is 0. The maximum Gasteiger partial charge on any atom is 0.414 e. The molecule has 3 rings (SSSR count). The van der Waals surface area contributed by atoms with Crippen LogP contribution in [-0.4, -0.2) is 63.3 Å². The van der Waals surface area contributed by atoms with Gasteiger partial charge in [0.05, 0.1) is 29.4 Å². The lowest BCUT2D eigenvalue weighted by atomic mass is 10.2. The molecule has 0 bridgehead atoms. The topological polar surface area (TPSA) is 66.9 Å². The summed E-state index contributed by atoms with van der Waals surface area (Å²) in [5, 5.41) is 0. The summed E-state index contributed by atoms with van der Waals surface area (Å²) in [6.07, 6.45) is 2.72. The Kier molecular flexibility index (Phi) is 8.27. The summed E-state index contributed by atoms with van der Waals surface area (Å²) in [4.78, 5) is 15.7. The van der Waals surface area contributed by atoms with Gasteiger partial charge in [0.15, 0.2) is 0 Å². The molecule has 0 saturated carbocycles. The van der Waals surface area contributed by atoms with Gasteiger partial charge in [-0.05, 0) is 49.0 Å². The lowest BCUT2D eigenvalue weighted by molar-refractivity contribution is 0.139. The standard InChI is InChI=1S/C21H31FN2O4S2/c1-2-3-13-30(26,27)14-8-18-16-24(21(25)28-18)17-6-7-20(19(22)15-17)23-9-4-11-29-12-5-10-23/h6-7,15,18H,2-5,8-14,16H2,1H3/t18-/m0/s1. The molecule has 168 valence electrons. The SMILES string of the molecule is CCCCS(=O)(=O)CC[C@H]1CN(c2ccc(N3CCCSCCC3)c(F)c2)C(=O)O1. The van der Waals surface area contributed by atoms with E-state index in [1.54, 1.807) is 12.1 Å². The Morgan fingerprint density at radius 1 is 1.20 bits per heavy atom. The highest BCUT2D eigenvalue weighted by atomic mass is 32.2. The molecule has 6 nitrogen and oxygen atoms in total. The highest BCUT2D eigenvalue weighted by molar-refractivity contribution is 7.99. The molecule has 30 heavy (non-hydrogen) atoms. The van der Waals surface area contributed by atoms with Gasteiger partial charge in [-0.1, -0.05) is 13.3 Å². The molecule has 2 aliphatic rings. The molecule has 1 amide bonds. The average molecular weight is 459 g/mol. The summed E-state index contributed by atoms with van der Waals surface area (Å²) in [5.74, 6) is 1.99. The maximum atomic E-state index is 14.9. The van der Waals surface area contributed by atoms with Gasteiger partial charge in [0, 0.05) is 19.5 Å². The lowest BCUT2D eigenvalue weighted by Gasteiger charge is -2.27. The molecule has 1 aromatic rings. The van der Waals surface area contributed by atoms with Crippen LogP contribution in [0.3, 0.4) is 0 Å². The van der Waals surface area contributed by atoms with Crippen LogP contribution in [0, 0.1) is 5.82 Å². The van der Waals surface area contributed by atoms with Crippen LogP contribution in [0.15, 0.2) is 18.2 Å². The molecule has 0 aliphatic carbocycles. The van der Waals surface area contributed by atoms with E-state index in [4.69, 9.17) is 4.74 Å². The van der Waals surface area contributed by atoms with Gasteiger partial charge in [0.2, 0.25) is 0 Å². The number of ether oxygens (including phenoxy) is 1. The van der Waals surface area contributed by atoms with E-state index in [-0.39, 0.29) is 30.3 Å². The molecule has 0 N–H and O–H groups in total. The minimum Gasteiger partial charge on any atom is -0.444 e. The first-order chi connectivity index (χ1) is 14.4. The van der Waals surface area contributed by atoms with E-state index in [0.717, 1.165) is 43.9 Å². The number of rotatable bonds is 8. The number of carbonyl (C=O) groups is 1. The number of hydrogen-bond acceptors (Lipinski definition) is 6. The van der Waals surface area contributed by atoms with Crippen LogP contribution in [0.2, 0.25) is 0 Å². The largest absolute Gasteiger partial charge is 0.444 e. The Morgan fingerprint density at radius 3 is 2.60 bits per heavy atom. The first kappa shape index (κ1) is 23.2. The number of anilines is 2. The average Bonchev–Trinajstić information content (AvgIpc) is 3.06. The summed E-state index contributed by atoms with van der Waals surface area (Å²) < 4.78 is 44.3. The molecule has 1 atom stereocenters. The van der Waals surface area contributed by atoms with Gasteiger partial charge < -0.3 is 9.64 Å². The molecule has 9 heteroatoms. The van der Waals surface area contributed by atoms with Crippen molar-refractivity contribution in [2.75, 3.05) is 52.4 Å². The highest BCUT2D eigenvalue weighted by Gasteiger charge is 2.33. The third-order valence-electron chi connectivity index (χ3n) is 5.45. The van der Waals surface area contributed by atoms with Crippen LogP contribution in [-0.2, 0) is 14.6 Å². The summed E-state index contributed by atoms with van der Waals surface area (Å²) in [6.45, 7) is 3.83. The Morgan fingerprint density at radius 2 is 1.93 bits per heavy atom. The molecule has 0 radical (unpaired) electrons. The number of carbonyl (C=O) groups excluding carboxylic acids is 1. The number of sulfone groups is 1. The smallest absolute Gasteiger partial charge is 0.414 e. The van der Waals surface area contributed by atoms with E-state index in [2.05, 4.69) is 4.90 Å². The fraction of sp³-hybridized carbons (Fsp3) is 0.667. The number of nitrogens with zero attached hydrogens (tertiary/aromatic N) is 2. The number of thioether (sulfide) groups is 1. The fourth-order valence-electron chi connectivity index (χ4n) is 3.75. The zero-order chi connectivity index (χ0) is 21.6. The van der Waals surface area contributed by atoms with Crippen molar-refractivity contribution in [1.29, 1.82) is 0 Å². The zero-order valence-corrected chi connectivity index (χ0v) is 19.1. The van der Waals surface area contributed by atoms with Crippen LogP contribution >= 0.6 is 11.8 Å². The number of benzene rings is 1. The molecule has 2 saturated heterocycles. The van der Waals surface area contributed by atoms with Crippen molar-refractivity contribution in [3.05, 3.63) is 24.0 Å². The van der Waals surface area contributed by atoms with Crippen molar-refractivity contribution in [2.45, 2.75) is 45.1 Å². The lowest BCUT2D eigenvalue weighted by Crippen LogP contribution is -2.29. The molecule has 0 unspecified atom stereocenters. The van der Waals surface area contributed by atoms with Crippen LogP contribution in [0.25, 0.3) is 0 Å². The Hall–Kier alpha value is -1.48. The normalized spacial score (nSPS) is 20.7. The van der Waals surface area contributed by atoms with E-state index >= 15 is 0 Å². The van der Waals surface area contributed by atoms with Gasteiger partial charge in [-0.2, -0.15) is 11.8 Å². The number of unbranched alkanes of at least 4 members (excludes halogenated alkanes) is 1. The second kappa shape index (κ2) is 10.7. The van der Waals surface area contributed by atoms with Crippen molar-refractivity contribution in [2.24, 2.45) is 0 Å². The van der Waals surface area contributed by atoms with Crippen molar-refractivity contribution >= 4 is 39.1 Å². The minimum atomic E-state index is -3.14. The van der Waals surface area contributed by atoms with Crippen LogP contribution in [0.4, 0.5) is 20.6 Å². The third kappa shape index (κ3) is 6.26. The minimum absolute atomic E-state index is 0.000663. The molecule has 2 heterocycles. The Balaban J connectivity index is 1.61. The van der Waals surface area contributed by atoms with E-state index in [0.29, 0.717) is 17.8 Å². The molecular formula is C21H31FN2O4S2. The molecule has 2 aliphatic heterocycles. The van der Waals surface area contributed by atoms with Crippen molar-refractivity contribution in [3.8, 4) is 0 Å². The van der Waals surface area contributed by atoms with E-state index in [1.165, 1.54) is 11.0 Å². The fourth-order valence-corrected chi connectivity index (χ4v) is 6.18. The molecule has 1 aromatic carbocycles. The molecule has 2 fully saturated rings. The van der Waals surface area contributed by atoms with Crippen LogP contribution < -0.4 is 9.80 Å². The summed E-state index contributed by atoms with van der Waals surface area (Å²) >= 11 is 1.94. The van der Waals surface area contributed by atoms with E-state index in [9.17, 15) is 17.6 Å². The number of cyclic esters (lactones) is 1. The molecule has 0 spiro atoms. The molecule has 0 aromatic heterocycles. The Bertz CT molecular complexity index is 826. The first-order valence-electron chi connectivity index (χ1n) is 10.7. The van der Waals surface area contributed by atoms with Gasteiger partial charge in [-0.25, -0.2) is 17.6 Å². The second-order valence-electron chi connectivity index (χ2n) is 7.85. The summed E-state index contributed by atoms with van der Waals surface area (Å²) in [5.41, 5.74) is 1.01. The monoisotopic (exact) mass is 458 g/mol. The molecular weight excluding hydrogens is 427 g/mol. The third-order valence-corrected chi connectivity index (χ3v) is 8.37. The highest BCUT2D eigenvalue weighted by Crippen LogP contribution is 2.29. The van der Waals surface area contributed by atoms with Crippen molar-refractivity contribution in [1.82, 2.24) is 0 Å². The quantitative estimate of drug-likeness (QED) is 0.585. The summed E-state index contributed by atoms with van der Waals surface area (Å²) in [7, 11) is -3.14. The van der Waals surface area contributed by atoms with E-state index in [1.807, 2.05) is 18.7 Å². The second-order valence-corrected chi connectivity index (χ2v) is 11.4. The maximum absolute atomic E-state index is 14.9. The van der Waals surface area contributed by atoms with Gasteiger partial charge in [0.1, 0.15) is 21.8 Å². The number of halogens is 1. The van der Waals surface area contributed by atoms with Crippen LogP contribution in [0.1, 0.15) is 39.0 Å². The van der Waals surface area contributed by atoms with E-state index < -0.39 is 22.0 Å². The van der Waals surface area contributed by atoms with Gasteiger partial charge in [0.25, 0.3) is 0 Å². The zero-order valence-electron chi connectivity index (χ0n) is 17.5. The number of amides is 1. The van der Waals surface area contributed by atoms with Crippen molar-refractivity contribution < 1.29 is 22.3 Å². The Labute approximate surface area is 183 Å². The predicted molar refractivity (Wildman–Crippen MR) is 121 cm³/mol. The predicted octanol–water partition coefficient (Wildman–Crippen LogP) is 4.09. The van der Waals surface area contributed by atoms with Gasteiger partial charge in [-0.3, -0.25) is 4.90 Å². The van der Waals surface area contributed by atoms with Gasteiger partial charge in [-0.15, -0.1) is 0 Å². The first-order valence-corrected chi connectivity index (χ1v) is 13.7.